The van der Waals surface area contributed by atoms with Crippen LogP contribution in [-0.2, 0) is 30.4 Å². The molecular weight excluding hydrogens is 452 g/mol. The molecule has 0 spiro atoms. The van der Waals surface area contributed by atoms with Gasteiger partial charge in [0.25, 0.3) is 0 Å². The summed E-state index contributed by atoms with van der Waals surface area (Å²) in [6.45, 7) is 4.64. The summed E-state index contributed by atoms with van der Waals surface area (Å²) in [5.74, 6) is -5.90. The SMILES string of the molecule is CCC(C)C(NC(=O)C(CC(=O)O)NC(=O)C(N)C(C)O)C(=O)NC(Cc1cnc[nH]1)C(=O)O. The first-order valence-electron chi connectivity index (χ1n) is 10.6. The number of aliphatic carboxylic acids is 2. The summed E-state index contributed by atoms with van der Waals surface area (Å²) in [4.78, 5) is 67.3. The van der Waals surface area contributed by atoms with E-state index in [4.69, 9.17) is 10.8 Å². The number of H-pyrrole nitrogens is 1. The molecule has 190 valence electrons. The topological polar surface area (TPSA) is 237 Å². The molecule has 9 N–H and O–H groups in total. The predicted octanol–water partition coefficient (Wildman–Crippen LogP) is -2.28. The number of nitrogens with zero attached hydrogens (tertiary/aromatic N) is 1. The van der Waals surface area contributed by atoms with Gasteiger partial charge in [-0.15, -0.1) is 0 Å². The average Bonchev–Trinajstić information content (AvgIpc) is 3.27. The molecule has 0 radical (unpaired) electrons. The van der Waals surface area contributed by atoms with Crippen molar-refractivity contribution in [3.63, 3.8) is 0 Å². The van der Waals surface area contributed by atoms with Crippen molar-refractivity contribution in [3.05, 3.63) is 18.2 Å². The first-order chi connectivity index (χ1) is 15.9. The molecule has 0 aliphatic rings. The normalized spacial score (nSPS) is 16.3. The van der Waals surface area contributed by atoms with E-state index in [0.29, 0.717) is 12.1 Å². The molecule has 14 nitrogen and oxygen atoms in total. The van der Waals surface area contributed by atoms with Crippen LogP contribution < -0.4 is 21.7 Å². The van der Waals surface area contributed by atoms with Gasteiger partial charge in [-0.1, -0.05) is 20.3 Å². The summed E-state index contributed by atoms with van der Waals surface area (Å²) in [7, 11) is 0. The molecule has 0 saturated heterocycles. The zero-order valence-electron chi connectivity index (χ0n) is 19.1. The summed E-state index contributed by atoms with van der Waals surface area (Å²) in [6, 6.07) is -5.54. The van der Waals surface area contributed by atoms with Crippen molar-refractivity contribution in [2.45, 2.75) is 70.3 Å². The number of hydrogen-bond acceptors (Lipinski definition) is 8. The second kappa shape index (κ2) is 13.3. The molecule has 0 saturated carbocycles. The van der Waals surface area contributed by atoms with E-state index in [9.17, 15) is 34.2 Å². The van der Waals surface area contributed by atoms with E-state index in [2.05, 4.69) is 25.9 Å². The van der Waals surface area contributed by atoms with Gasteiger partial charge in [0.15, 0.2) is 0 Å². The first kappa shape index (κ1) is 28.5. The van der Waals surface area contributed by atoms with Gasteiger partial charge >= 0.3 is 11.9 Å². The second-order valence-electron chi connectivity index (χ2n) is 7.98. The van der Waals surface area contributed by atoms with E-state index in [-0.39, 0.29) is 6.42 Å². The highest BCUT2D eigenvalue weighted by atomic mass is 16.4. The third-order valence-electron chi connectivity index (χ3n) is 5.22. The van der Waals surface area contributed by atoms with Gasteiger partial charge in [-0.3, -0.25) is 19.2 Å². The second-order valence-corrected chi connectivity index (χ2v) is 7.98. The average molecular weight is 485 g/mol. The Bertz CT molecular complexity index is 859. The summed E-state index contributed by atoms with van der Waals surface area (Å²) < 4.78 is 0. The molecule has 14 heteroatoms. The fourth-order valence-electron chi connectivity index (χ4n) is 2.90. The molecule has 6 unspecified atom stereocenters. The Labute approximate surface area is 195 Å². The molecule has 34 heavy (non-hydrogen) atoms. The number of imidazole rings is 1. The highest BCUT2D eigenvalue weighted by Gasteiger charge is 2.34. The Morgan fingerprint density at radius 1 is 1.03 bits per heavy atom. The lowest BCUT2D eigenvalue weighted by Crippen LogP contribution is -2.59. The Hall–Kier alpha value is -3.52. The fourth-order valence-corrected chi connectivity index (χ4v) is 2.90. The van der Waals surface area contributed by atoms with Crippen molar-refractivity contribution >= 4 is 29.7 Å². The zero-order valence-corrected chi connectivity index (χ0v) is 19.1. The summed E-state index contributed by atoms with van der Waals surface area (Å²) >= 11 is 0. The van der Waals surface area contributed by atoms with Crippen LogP contribution in [0.15, 0.2) is 12.5 Å². The van der Waals surface area contributed by atoms with Gasteiger partial charge in [-0.25, -0.2) is 9.78 Å². The smallest absolute Gasteiger partial charge is 0.326 e. The number of aliphatic hydroxyl groups excluding tert-OH is 1. The molecule has 0 bridgehead atoms. The highest BCUT2D eigenvalue weighted by molar-refractivity contribution is 5.95. The van der Waals surface area contributed by atoms with Crippen molar-refractivity contribution < 1.29 is 39.3 Å². The summed E-state index contributed by atoms with van der Waals surface area (Å²) in [5, 5.41) is 35.0. The number of carbonyl (C=O) groups is 5. The number of carbonyl (C=O) groups excluding carboxylic acids is 3. The van der Waals surface area contributed by atoms with Crippen molar-refractivity contribution in [1.29, 1.82) is 0 Å². The van der Waals surface area contributed by atoms with E-state index >= 15 is 0 Å². The van der Waals surface area contributed by atoms with Gasteiger partial charge < -0.3 is 42.0 Å². The highest BCUT2D eigenvalue weighted by Crippen LogP contribution is 2.10. The van der Waals surface area contributed by atoms with Gasteiger partial charge in [-0.2, -0.15) is 0 Å². The van der Waals surface area contributed by atoms with Crippen LogP contribution >= 0.6 is 0 Å². The molecule has 3 amide bonds. The fraction of sp³-hybridized carbons (Fsp3) is 0.600. The minimum Gasteiger partial charge on any atom is -0.481 e. The largest absolute Gasteiger partial charge is 0.481 e. The van der Waals surface area contributed by atoms with Gasteiger partial charge in [0.2, 0.25) is 17.7 Å². The lowest BCUT2D eigenvalue weighted by molar-refractivity contribution is -0.143. The van der Waals surface area contributed by atoms with Crippen LogP contribution in [0.2, 0.25) is 0 Å². The van der Waals surface area contributed by atoms with E-state index < -0.39 is 72.3 Å². The minimum absolute atomic E-state index is 0.0861. The standard InChI is InChI=1S/C20H32N6O8/c1-4-9(2)16(19(32)25-13(20(33)34)5-11-7-22-8-23-11)26-17(30)12(6-14(28)29)24-18(31)15(21)10(3)27/h7-10,12-13,15-16,27H,4-6,21H2,1-3H3,(H,22,23)(H,24,31)(H,25,32)(H,26,30)(H,28,29)(H,33,34). The van der Waals surface area contributed by atoms with E-state index in [1.807, 2.05) is 0 Å². The Morgan fingerprint density at radius 2 is 1.65 bits per heavy atom. The van der Waals surface area contributed by atoms with Crippen molar-refractivity contribution in [2.75, 3.05) is 0 Å². The van der Waals surface area contributed by atoms with Gasteiger partial charge in [0.05, 0.1) is 18.9 Å². The monoisotopic (exact) mass is 484 g/mol. The molecule has 1 aromatic rings. The predicted molar refractivity (Wildman–Crippen MR) is 117 cm³/mol. The van der Waals surface area contributed by atoms with Gasteiger partial charge in [-0.05, 0) is 12.8 Å². The molecule has 0 aliphatic heterocycles. The Balaban J connectivity index is 3.02. The Morgan fingerprint density at radius 3 is 2.12 bits per heavy atom. The number of aliphatic hydroxyl groups is 1. The van der Waals surface area contributed by atoms with Crippen molar-refractivity contribution in [2.24, 2.45) is 11.7 Å². The molecule has 0 fully saturated rings. The van der Waals surface area contributed by atoms with E-state index in [1.54, 1.807) is 13.8 Å². The number of amides is 3. The molecule has 6 atom stereocenters. The third kappa shape index (κ3) is 8.78. The number of carboxylic acids is 2. The minimum atomic E-state index is -1.59. The number of aromatic amines is 1. The van der Waals surface area contributed by atoms with Crippen molar-refractivity contribution in [1.82, 2.24) is 25.9 Å². The number of aromatic nitrogens is 2. The maximum absolute atomic E-state index is 12.9. The maximum Gasteiger partial charge on any atom is 0.326 e. The Kier molecular flexibility index (Phi) is 11.1. The van der Waals surface area contributed by atoms with E-state index in [1.165, 1.54) is 19.4 Å². The number of carboxylic acid groups (broad SMARTS) is 2. The van der Waals surface area contributed by atoms with Crippen LogP contribution in [0.1, 0.15) is 39.3 Å². The number of nitrogens with one attached hydrogen (secondary N) is 4. The lowest BCUT2D eigenvalue weighted by Gasteiger charge is -2.27. The van der Waals surface area contributed by atoms with Crippen LogP contribution in [0.5, 0.6) is 0 Å². The zero-order chi connectivity index (χ0) is 26.0. The molecule has 0 aromatic carbocycles. The molecular formula is C20H32N6O8. The molecule has 0 aliphatic carbocycles. The first-order valence-corrected chi connectivity index (χ1v) is 10.6. The van der Waals surface area contributed by atoms with Crippen LogP contribution in [0.3, 0.4) is 0 Å². The number of nitrogens with two attached hydrogens (primary N) is 1. The summed E-state index contributed by atoms with van der Waals surface area (Å²) in [5.41, 5.74) is 6.00. The maximum atomic E-state index is 12.9. The van der Waals surface area contributed by atoms with Crippen molar-refractivity contribution in [3.8, 4) is 0 Å². The molecule has 1 rings (SSSR count). The number of hydrogen-bond donors (Lipinski definition) is 8. The summed E-state index contributed by atoms with van der Waals surface area (Å²) in [6.07, 6.45) is 1.04. The number of rotatable bonds is 14. The van der Waals surface area contributed by atoms with Crippen LogP contribution in [-0.4, -0.2) is 85.2 Å². The van der Waals surface area contributed by atoms with Gasteiger partial charge in [0, 0.05) is 18.3 Å². The van der Waals surface area contributed by atoms with Crippen LogP contribution in [0.4, 0.5) is 0 Å². The molecule has 1 aromatic heterocycles. The van der Waals surface area contributed by atoms with E-state index in [0.717, 1.165) is 0 Å². The van der Waals surface area contributed by atoms with Crippen LogP contribution in [0, 0.1) is 5.92 Å². The van der Waals surface area contributed by atoms with Crippen LogP contribution in [0.25, 0.3) is 0 Å². The third-order valence-corrected chi connectivity index (χ3v) is 5.22. The quantitative estimate of drug-likeness (QED) is 0.141. The van der Waals surface area contributed by atoms with Gasteiger partial charge in [0.1, 0.15) is 24.2 Å². The lowest BCUT2D eigenvalue weighted by atomic mass is 9.97. The molecule has 1 heterocycles.